The molecule has 0 aliphatic heterocycles. The van der Waals surface area contributed by atoms with Crippen LogP contribution in [0.25, 0.3) is 0 Å². The zero-order valence-corrected chi connectivity index (χ0v) is 18.2. The molecule has 1 N–H and O–H groups in total. The number of anilines is 1. The van der Waals surface area contributed by atoms with Gasteiger partial charge in [0, 0.05) is 0 Å². The summed E-state index contributed by atoms with van der Waals surface area (Å²) in [5.74, 6) is 0.257. The van der Waals surface area contributed by atoms with Gasteiger partial charge in [-0.05, 0) is 0 Å². The van der Waals surface area contributed by atoms with Crippen molar-refractivity contribution in [3.05, 3.63) is 29.3 Å². The van der Waals surface area contributed by atoms with Crippen LogP contribution >= 0.6 is 7.26 Å². The van der Waals surface area contributed by atoms with E-state index in [9.17, 15) is 4.79 Å². The van der Waals surface area contributed by atoms with E-state index in [4.69, 9.17) is 0 Å². The van der Waals surface area contributed by atoms with E-state index < -0.39 is 7.26 Å². The Labute approximate surface area is 156 Å². The molecule has 1 amide bonds. The topological polar surface area (TPSA) is 29.1 Å². The van der Waals surface area contributed by atoms with Gasteiger partial charge in [-0.3, -0.25) is 0 Å². The molecule has 0 saturated carbocycles. The van der Waals surface area contributed by atoms with Crippen LogP contribution in [-0.2, 0) is 4.79 Å². The second kappa shape index (κ2) is 11.7. The van der Waals surface area contributed by atoms with Crippen LogP contribution in [0.4, 0.5) is 5.69 Å². The van der Waals surface area contributed by atoms with Gasteiger partial charge in [0.15, 0.2) is 0 Å². The van der Waals surface area contributed by atoms with E-state index in [1.807, 2.05) is 0 Å². The third kappa shape index (κ3) is 7.48. The Morgan fingerprint density at radius 1 is 0.880 bits per heavy atom. The van der Waals surface area contributed by atoms with E-state index in [-0.39, 0.29) is 5.91 Å². The molecule has 1 aromatic rings. The summed E-state index contributed by atoms with van der Waals surface area (Å²) < 4.78 is 0. The quantitative estimate of drug-likeness (QED) is 0.427. The molecular formula is C22H40NOP. The number of amides is 1. The van der Waals surface area contributed by atoms with E-state index >= 15 is 0 Å². The van der Waals surface area contributed by atoms with Gasteiger partial charge in [-0.2, -0.15) is 0 Å². The number of carbonyl (C=O) groups excluding carboxylic acids is 1. The van der Waals surface area contributed by atoms with Crippen LogP contribution in [0.2, 0.25) is 0 Å². The van der Waals surface area contributed by atoms with E-state index in [0.717, 1.165) is 23.0 Å². The van der Waals surface area contributed by atoms with Crippen molar-refractivity contribution in [1.82, 2.24) is 0 Å². The summed E-state index contributed by atoms with van der Waals surface area (Å²) in [6.45, 7) is 11.0. The average Bonchev–Trinajstić information content (AvgIpc) is 2.59. The van der Waals surface area contributed by atoms with E-state index in [1.54, 1.807) is 0 Å². The second-order valence-corrected chi connectivity index (χ2v) is 12.7. The fraction of sp³-hybridized carbons (Fsp3) is 0.682. The molecule has 0 aliphatic carbocycles. The summed E-state index contributed by atoms with van der Waals surface area (Å²) in [7, 11) is -1.52. The molecule has 0 unspecified atom stereocenters. The first-order valence-electron chi connectivity index (χ1n) is 10.3. The first kappa shape index (κ1) is 22.2. The zero-order chi connectivity index (χ0) is 18.7. The summed E-state index contributed by atoms with van der Waals surface area (Å²) in [6, 6.07) is 6.22. The van der Waals surface area contributed by atoms with Crippen LogP contribution in [0.1, 0.15) is 70.4 Å². The first-order chi connectivity index (χ1) is 12.0. The fourth-order valence-corrected chi connectivity index (χ4v) is 9.19. The summed E-state index contributed by atoms with van der Waals surface area (Å²) in [6.07, 6.45) is 12.4. The third-order valence-electron chi connectivity index (χ3n) is 5.46. The van der Waals surface area contributed by atoms with Crippen LogP contribution in [-0.4, -0.2) is 30.6 Å². The van der Waals surface area contributed by atoms with Crippen LogP contribution in [0.15, 0.2) is 18.2 Å². The standard InChI is InChI=1S/C22H40NOP/c1-6-9-15-25(16-10-7-2,17-11-8-3)18-21(24)23-22-19(4)13-12-14-20(22)5/h12-14,25H,6-11,15-18H2,1-5H3,(H,23,24). The number of rotatable bonds is 12. The molecule has 2 nitrogen and oxygen atoms in total. The molecular weight excluding hydrogens is 325 g/mol. The molecule has 0 saturated heterocycles. The predicted molar refractivity (Wildman–Crippen MR) is 117 cm³/mol. The molecule has 144 valence electrons. The van der Waals surface area contributed by atoms with Gasteiger partial charge in [0.1, 0.15) is 0 Å². The Bertz CT molecular complexity index is 485. The number of hydrogen-bond donors (Lipinski definition) is 1. The van der Waals surface area contributed by atoms with Gasteiger partial charge in [0.25, 0.3) is 0 Å². The minimum atomic E-state index is -1.52. The molecule has 0 bridgehead atoms. The number of carbonyl (C=O) groups is 1. The van der Waals surface area contributed by atoms with Crippen LogP contribution in [0.5, 0.6) is 0 Å². The molecule has 1 rings (SSSR count). The number of nitrogens with one attached hydrogen (secondary N) is 1. The summed E-state index contributed by atoms with van der Waals surface area (Å²) in [5.41, 5.74) is 3.35. The number of hydrogen-bond acceptors (Lipinski definition) is 1. The van der Waals surface area contributed by atoms with Gasteiger partial charge in [-0.1, -0.05) is 0 Å². The van der Waals surface area contributed by atoms with Gasteiger partial charge in [-0.15, -0.1) is 0 Å². The molecule has 0 aromatic heterocycles. The number of aryl methyl sites for hydroxylation is 2. The zero-order valence-electron chi connectivity index (χ0n) is 17.2. The van der Waals surface area contributed by atoms with Crippen molar-refractivity contribution in [3.63, 3.8) is 0 Å². The average molecular weight is 366 g/mol. The molecule has 0 radical (unpaired) electrons. The molecule has 3 heteroatoms. The molecule has 0 atom stereocenters. The SMILES string of the molecule is CCCC[PH](CCCC)(CCCC)CC(=O)Nc1c(C)cccc1C. The predicted octanol–water partition coefficient (Wildman–Crippen LogP) is 6.39. The Balaban J connectivity index is 2.90. The fourth-order valence-electron chi connectivity index (χ4n) is 3.83. The Hall–Kier alpha value is -0.880. The van der Waals surface area contributed by atoms with Gasteiger partial charge in [-0.25, -0.2) is 0 Å². The number of unbranched alkanes of at least 4 members (excludes halogenated alkanes) is 3. The van der Waals surface area contributed by atoms with Crippen molar-refractivity contribution >= 4 is 18.9 Å². The van der Waals surface area contributed by atoms with Crippen LogP contribution in [0, 0.1) is 13.8 Å². The number of para-hydroxylation sites is 1. The molecule has 1 aromatic carbocycles. The first-order valence-corrected chi connectivity index (χ1v) is 13.2. The van der Waals surface area contributed by atoms with Crippen molar-refractivity contribution < 1.29 is 4.79 Å². The van der Waals surface area contributed by atoms with E-state index in [2.05, 4.69) is 58.1 Å². The summed E-state index contributed by atoms with van der Waals surface area (Å²) >= 11 is 0. The monoisotopic (exact) mass is 365 g/mol. The van der Waals surface area contributed by atoms with Crippen molar-refractivity contribution in [2.24, 2.45) is 0 Å². The molecule has 0 fully saturated rings. The maximum atomic E-state index is 12.9. The van der Waals surface area contributed by atoms with Gasteiger partial charge in [0.05, 0.1) is 0 Å². The molecule has 0 spiro atoms. The Morgan fingerprint density at radius 3 is 1.72 bits per heavy atom. The van der Waals surface area contributed by atoms with Crippen LogP contribution in [0.3, 0.4) is 0 Å². The van der Waals surface area contributed by atoms with E-state index in [1.165, 1.54) is 57.0 Å². The van der Waals surface area contributed by atoms with Gasteiger partial charge < -0.3 is 0 Å². The Morgan fingerprint density at radius 2 is 1.32 bits per heavy atom. The van der Waals surface area contributed by atoms with Crippen LogP contribution < -0.4 is 5.32 Å². The van der Waals surface area contributed by atoms with E-state index in [0.29, 0.717) is 0 Å². The summed E-state index contributed by atoms with van der Waals surface area (Å²) in [4.78, 5) is 12.9. The van der Waals surface area contributed by atoms with Crippen molar-refractivity contribution in [2.75, 3.05) is 30.0 Å². The number of benzene rings is 1. The third-order valence-corrected chi connectivity index (χ3v) is 10.8. The molecule has 0 aliphatic rings. The van der Waals surface area contributed by atoms with Gasteiger partial charge >= 0.3 is 156 Å². The van der Waals surface area contributed by atoms with Gasteiger partial charge in [0.2, 0.25) is 0 Å². The summed E-state index contributed by atoms with van der Waals surface area (Å²) in [5, 5.41) is 3.26. The van der Waals surface area contributed by atoms with Crippen molar-refractivity contribution in [2.45, 2.75) is 73.1 Å². The maximum absolute atomic E-state index is 12.9. The molecule has 25 heavy (non-hydrogen) atoms. The van der Waals surface area contributed by atoms with Crippen molar-refractivity contribution in [1.29, 1.82) is 0 Å². The normalized spacial score (nSPS) is 12.2. The van der Waals surface area contributed by atoms with Crippen molar-refractivity contribution in [3.8, 4) is 0 Å². The Kier molecular flexibility index (Phi) is 10.4. The second-order valence-electron chi connectivity index (χ2n) is 7.80. The molecule has 0 heterocycles. The minimum absolute atomic E-state index is 0.257.